The van der Waals surface area contributed by atoms with Crippen LogP contribution in [0.5, 0.6) is 0 Å². The van der Waals surface area contributed by atoms with E-state index in [1.807, 2.05) is 13.0 Å². The summed E-state index contributed by atoms with van der Waals surface area (Å²) in [6.45, 7) is 2.15. The number of nitrogen functional groups attached to an aromatic ring is 1. The van der Waals surface area contributed by atoms with Gasteiger partial charge in [0.15, 0.2) is 0 Å². The topological polar surface area (TPSA) is 106 Å². The minimum Gasteiger partial charge on any atom is -0.308 e. The van der Waals surface area contributed by atoms with E-state index in [1.165, 1.54) is 4.57 Å². The van der Waals surface area contributed by atoms with Crippen LogP contribution in [0.1, 0.15) is 18.1 Å². The highest BCUT2D eigenvalue weighted by molar-refractivity contribution is 5.42. The minimum atomic E-state index is -0.450. The molecule has 0 unspecified atom stereocenters. The molecular formula is C12H15N5O2. The highest BCUT2D eigenvalue weighted by Crippen LogP contribution is 2.10. The number of H-pyrrole nitrogens is 1. The Bertz CT molecular complexity index is 689. The van der Waals surface area contributed by atoms with Gasteiger partial charge in [0.1, 0.15) is 5.82 Å². The quantitative estimate of drug-likeness (QED) is 0.523. The molecule has 0 spiro atoms. The van der Waals surface area contributed by atoms with Crippen molar-refractivity contribution in [3.63, 3.8) is 0 Å². The molecule has 2 heterocycles. The molecule has 0 saturated heterocycles. The average molecular weight is 261 g/mol. The third kappa shape index (κ3) is 2.71. The summed E-state index contributed by atoms with van der Waals surface area (Å²) in [5.74, 6) is 5.86. The van der Waals surface area contributed by atoms with Crippen LogP contribution < -0.4 is 22.5 Å². The first kappa shape index (κ1) is 13.0. The van der Waals surface area contributed by atoms with Crippen LogP contribution in [0.2, 0.25) is 0 Å². The number of pyridine rings is 1. The molecule has 0 aromatic carbocycles. The molecular weight excluding hydrogens is 246 g/mol. The predicted molar refractivity (Wildman–Crippen MR) is 71.8 cm³/mol. The second-order valence-electron chi connectivity index (χ2n) is 4.05. The number of nitrogens with two attached hydrogens (primary N) is 1. The van der Waals surface area contributed by atoms with Crippen molar-refractivity contribution in [2.75, 3.05) is 5.43 Å². The molecule has 0 bridgehead atoms. The van der Waals surface area contributed by atoms with E-state index in [0.29, 0.717) is 17.8 Å². The number of aromatic amines is 1. The maximum atomic E-state index is 11.7. The Morgan fingerprint density at radius 3 is 2.89 bits per heavy atom. The van der Waals surface area contributed by atoms with Gasteiger partial charge in [0, 0.05) is 23.5 Å². The Balaban J connectivity index is 2.43. The van der Waals surface area contributed by atoms with Gasteiger partial charge < -0.3 is 5.43 Å². The fourth-order valence-electron chi connectivity index (χ4n) is 1.80. The van der Waals surface area contributed by atoms with Crippen LogP contribution in [-0.4, -0.2) is 14.5 Å². The van der Waals surface area contributed by atoms with Crippen LogP contribution in [-0.2, 0) is 13.0 Å². The van der Waals surface area contributed by atoms with Gasteiger partial charge in [-0.1, -0.05) is 13.0 Å². The molecule has 0 radical (unpaired) electrons. The van der Waals surface area contributed by atoms with Crippen molar-refractivity contribution in [3.05, 3.63) is 56.5 Å². The first-order valence-corrected chi connectivity index (χ1v) is 5.88. The van der Waals surface area contributed by atoms with Crippen molar-refractivity contribution in [2.24, 2.45) is 5.84 Å². The summed E-state index contributed by atoms with van der Waals surface area (Å²) in [7, 11) is 0. The lowest BCUT2D eigenvalue weighted by molar-refractivity contribution is 0.706. The maximum Gasteiger partial charge on any atom is 0.328 e. The molecule has 0 fully saturated rings. The number of aromatic nitrogens is 3. The molecule has 100 valence electrons. The van der Waals surface area contributed by atoms with E-state index in [0.717, 1.165) is 5.56 Å². The van der Waals surface area contributed by atoms with E-state index in [1.54, 1.807) is 18.5 Å². The fraction of sp³-hybridized carbons (Fsp3) is 0.250. The Labute approximate surface area is 109 Å². The van der Waals surface area contributed by atoms with Crippen LogP contribution >= 0.6 is 0 Å². The van der Waals surface area contributed by atoms with E-state index < -0.39 is 5.69 Å². The number of hydrogen-bond acceptors (Lipinski definition) is 5. The largest absolute Gasteiger partial charge is 0.328 e. The SMILES string of the molecule is CCc1cn(Cc2cccnc2NN)c(=O)[nH]c1=O. The van der Waals surface area contributed by atoms with E-state index >= 15 is 0 Å². The van der Waals surface area contributed by atoms with Crippen molar-refractivity contribution < 1.29 is 0 Å². The monoisotopic (exact) mass is 261 g/mol. The summed E-state index contributed by atoms with van der Waals surface area (Å²) in [6, 6.07) is 3.57. The molecule has 7 nitrogen and oxygen atoms in total. The number of rotatable bonds is 4. The highest BCUT2D eigenvalue weighted by atomic mass is 16.2. The third-order valence-corrected chi connectivity index (χ3v) is 2.83. The molecule has 2 aromatic rings. The standard InChI is InChI=1S/C12H15N5O2/c1-2-8-6-17(12(19)15-11(8)18)7-9-4-3-5-14-10(9)16-13/h3-6H,2,7,13H2,1H3,(H,14,16)(H,15,18,19). The van der Waals surface area contributed by atoms with Crippen LogP contribution in [0, 0.1) is 0 Å². The van der Waals surface area contributed by atoms with Crippen molar-refractivity contribution in [1.82, 2.24) is 14.5 Å². The zero-order valence-electron chi connectivity index (χ0n) is 10.5. The summed E-state index contributed by atoms with van der Waals surface area (Å²) in [5.41, 5.74) is 3.01. The first-order chi connectivity index (χ1) is 9.15. The van der Waals surface area contributed by atoms with Gasteiger partial charge in [-0.2, -0.15) is 0 Å². The summed E-state index contributed by atoms with van der Waals surface area (Å²) >= 11 is 0. The lowest BCUT2D eigenvalue weighted by atomic mass is 10.2. The van der Waals surface area contributed by atoms with E-state index in [4.69, 9.17) is 5.84 Å². The van der Waals surface area contributed by atoms with Crippen molar-refractivity contribution in [1.29, 1.82) is 0 Å². The van der Waals surface area contributed by atoms with Crippen molar-refractivity contribution in [2.45, 2.75) is 19.9 Å². The minimum absolute atomic E-state index is 0.288. The Kier molecular flexibility index (Phi) is 3.76. The van der Waals surface area contributed by atoms with Gasteiger partial charge in [0.05, 0.1) is 6.54 Å². The molecule has 4 N–H and O–H groups in total. The van der Waals surface area contributed by atoms with Gasteiger partial charge in [-0.15, -0.1) is 0 Å². The molecule has 0 atom stereocenters. The second kappa shape index (κ2) is 5.49. The highest BCUT2D eigenvalue weighted by Gasteiger charge is 2.07. The smallest absolute Gasteiger partial charge is 0.308 e. The molecule has 7 heteroatoms. The predicted octanol–water partition coefficient (Wildman–Crippen LogP) is -0.172. The average Bonchev–Trinajstić information content (AvgIpc) is 2.42. The molecule has 0 aliphatic rings. The van der Waals surface area contributed by atoms with Gasteiger partial charge in [-0.25, -0.2) is 15.6 Å². The molecule has 0 aliphatic carbocycles. The van der Waals surface area contributed by atoms with Crippen LogP contribution in [0.3, 0.4) is 0 Å². The summed E-state index contributed by atoms with van der Waals surface area (Å²) in [5, 5.41) is 0. The number of nitrogens with zero attached hydrogens (tertiary/aromatic N) is 2. The zero-order valence-corrected chi connectivity index (χ0v) is 10.5. The molecule has 19 heavy (non-hydrogen) atoms. The van der Waals surface area contributed by atoms with E-state index in [9.17, 15) is 9.59 Å². The van der Waals surface area contributed by atoms with Crippen LogP contribution in [0.15, 0.2) is 34.1 Å². The van der Waals surface area contributed by atoms with E-state index in [2.05, 4.69) is 15.4 Å². The van der Waals surface area contributed by atoms with Gasteiger partial charge in [0.2, 0.25) is 0 Å². The number of anilines is 1. The third-order valence-electron chi connectivity index (χ3n) is 2.83. The Morgan fingerprint density at radius 2 is 2.21 bits per heavy atom. The summed E-state index contributed by atoms with van der Waals surface area (Å²) < 4.78 is 1.43. The molecule has 2 aromatic heterocycles. The molecule has 0 saturated carbocycles. The number of hydrogen-bond donors (Lipinski definition) is 3. The van der Waals surface area contributed by atoms with Crippen molar-refractivity contribution >= 4 is 5.82 Å². The summed E-state index contributed by atoms with van der Waals surface area (Å²) in [4.78, 5) is 29.6. The van der Waals surface area contributed by atoms with Gasteiger partial charge in [0.25, 0.3) is 5.56 Å². The lowest BCUT2D eigenvalue weighted by Crippen LogP contribution is -2.32. The van der Waals surface area contributed by atoms with Gasteiger partial charge in [-0.05, 0) is 12.5 Å². The Morgan fingerprint density at radius 1 is 1.42 bits per heavy atom. The van der Waals surface area contributed by atoms with Gasteiger partial charge in [-0.3, -0.25) is 14.3 Å². The number of hydrazine groups is 1. The van der Waals surface area contributed by atoms with Crippen molar-refractivity contribution in [3.8, 4) is 0 Å². The fourth-order valence-corrected chi connectivity index (χ4v) is 1.80. The second-order valence-corrected chi connectivity index (χ2v) is 4.05. The number of aryl methyl sites for hydroxylation is 1. The van der Waals surface area contributed by atoms with E-state index in [-0.39, 0.29) is 12.1 Å². The molecule has 2 rings (SSSR count). The normalized spacial score (nSPS) is 10.4. The molecule has 0 amide bonds. The summed E-state index contributed by atoms with van der Waals surface area (Å²) in [6.07, 6.45) is 3.73. The zero-order chi connectivity index (χ0) is 13.8. The van der Waals surface area contributed by atoms with Crippen LogP contribution in [0.25, 0.3) is 0 Å². The number of nitrogens with one attached hydrogen (secondary N) is 2. The lowest BCUT2D eigenvalue weighted by Gasteiger charge is -2.10. The molecule has 0 aliphatic heterocycles. The van der Waals surface area contributed by atoms with Crippen LogP contribution in [0.4, 0.5) is 5.82 Å². The van der Waals surface area contributed by atoms with Gasteiger partial charge >= 0.3 is 5.69 Å². The maximum absolute atomic E-state index is 11.7. The first-order valence-electron chi connectivity index (χ1n) is 5.88. The Hall–Kier alpha value is -2.41.